The van der Waals surface area contributed by atoms with E-state index in [1.807, 2.05) is 24.3 Å². The molecule has 2 heterocycles. The summed E-state index contributed by atoms with van der Waals surface area (Å²) in [6.45, 7) is 0.460. The number of amides is 1. The van der Waals surface area contributed by atoms with Crippen LogP contribution in [-0.2, 0) is 13.1 Å². The molecule has 5 nitrogen and oxygen atoms in total. The van der Waals surface area contributed by atoms with E-state index in [0.29, 0.717) is 16.5 Å². The van der Waals surface area contributed by atoms with Crippen LogP contribution >= 0.6 is 11.6 Å². The van der Waals surface area contributed by atoms with Crippen molar-refractivity contribution >= 4 is 28.4 Å². The summed E-state index contributed by atoms with van der Waals surface area (Å²) in [4.78, 5) is 19.1. The molecule has 0 bridgehead atoms. The summed E-state index contributed by atoms with van der Waals surface area (Å²) < 4.78 is 23.9. The van der Waals surface area contributed by atoms with Gasteiger partial charge in [-0.25, -0.2) is 9.37 Å². The van der Waals surface area contributed by atoms with Crippen molar-refractivity contribution in [3.8, 4) is 5.75 Å². The maximum Gasteiger partial charge on any atom is 0.290 e. The van der Waals surface area contributed by atoms with Crippen molar-refractivity contribution in [2.24, 2.45) is 0 Å². The van der Waals surface area contributed by atoms with E-state index in [0.717, 1.165) is 16.5 Å². The molecule has 0 atom stereocenters. The monoisotopic (exact) mass is 424 g/mol. The van der Waals surface area contributed by atoms with Crippen molar-refractivity contribution in [3.05, 3.63) is 94.8 Å². The molecule has 2 aromatic heterocycles. The first-order chi connectivity index (χ1) is 14.5. The van der Waals surface area contributed by atoms with E-state index in [2.05, 4.69) is 4.98 Å². The average Bonchev–Trinajstić information content (AvgIpc) is 3.29. The largest absolute Gasteiger partial charge is 0.497 e. The molecule has 0 saturated heterocycles. The molecule has 0 aliphatic rings. The number of ether oxygens (including phenoxy) is 1. The van der Waals surface area contributed by atoms with Crippen molar-refractivity contribution in [2.45, 2.75) is 13.1 Å². The van der Waals surface area contributed by atoms with Gasteiger partial charge in [0.15, 0.2) is 5.76 Å². The van der Waals surface area contributed by atoms with E-state index in [4.69, 9.17) is 20.8 Å². The zero-order chi connectivity index (χ0) is 21.1. The molecule has 4 aromatic rings. The van der Waals surface area contributed by atoms with E-state index in [-0.39, 0.29) is 30.6 Å². The minimum atomic E-state index is -0.335. The molecule has 4 rings (SSSR count). The van der Waals surface area contributed by atoms with Crippen LogP contribution in [0.1, 0.15) is 21.7 Å². The highest BCUT2D eigenvalue weighted by Crippen LogP contribution is 2.26. The molecule has 2 aromatic carbocycles. The van der Waals surface area contributed by atoms with Crippen LogP contribution in [0.3, 0.4) is 0 Å². The van der Waals surface area contributed by atoms with Crippen LogP contribution in [0.25, 0.3) is 10.9 Å². The first kappa shape index (κ1) is 19.9. The van der Waals surface area contributed by atoms with E-state index >= 15 is 0 Å². The van der Waals surface area contributed by atoms with Gasteiger partial charge in [0, 0.05) is 24.0 Å². The Hall–Kier alpha value is -3.38. The predicted octanol–water partition coefficient (Wildman–Crippen LogP) is 5.47. The van der Waals surface area contributed by atoms with Gasteiger partial charge in [-0.1, -0.05) is 23.7 Å². The molecule has 152 valence electrons. The Morgan fingerprint density at radius 3 is 2.63 bits per heavy atom. The Kier molecular flexibility index (Phi) is 5.68. The number of nitrogens with zero attached hydrogens (tertiary/aromatic N) is 2. The first-order valence-corrected chi connectivity index (χ1v) is 9.61. The second kappa shape index (κ2) is 8.55. The number of fused-ring (bicyclic) bond motifs is 1. The van der Waals surface area contributed by atoms with E-state index < -0.39 is 0 Å². The third kappa shape index (κ3) is 4.28. The summed E-state index contributed by atoms with van der Waals surface area (Å²) in [5.74, 6) is 0.278. The Labute approximate surface area is 177 Å². The standard InChI is InChI=1S/C23H18ClFN2O3/c1-29-19-8-9-20-16(12-19)11-17(22(24)26-20)14-27(23(28)21-3-2-10-30-21)13-15-4-6-18(25)7-5-15/h2-12H,13-14H2,1H3. The van der Waals surface area contributed by atoms with Crippen molar-refractivity contribution in [2.75, 3.05) is 7.11 Å². The van der Waals surface area contributed by atoms with Crippen LogP contribution in [0, 0.1) is 5.82 Å². The van der Waals surface area contributed by atoms with E-state index in [1.54, 1.807) is 36.3 Å². The Morgan fingerprint density at radius 2 is 1.93 bits per heavy atom. The molecule has 0 unspecified atom stereocenters. The number of halogens is 2. The third-order valence-corrected chi connectivity index (χ3v) is 5.04. The van der Waals surface area contributed by atoms with Crippen molar-refractivity contribution in [1.82, 2.24) is 9.88 Å². The molecule has 0 saturated carbocycles. The van der Waals surface area contributed by atoms with Gasteiger partial charge < -0.3 is 14.1 Å². The summed E-state index contributed by atoms with van der Waals surface area (Å²) in [5.41, 5.74) is 2.19. The molecule has 30 heavy (non-hydrogen) atoms. The fourth-order valence-corrected chi connectivity index (χ4v) is 3.39. The summed E-state index contributed by atoms with van der Waals surface area (Å²) in [7, 11) is 1.60. The van der Waals surface area contributed by atoms with Gasteiger partial charge in [-0.2, -0.15) is 0 Å². The molecule has 0 aliphatic carbocycles. The minimum absolute atomic E-state index is 0.204. The number of carbonyl (C=O) groups is 1. The van der Waals surface area contributed by atoms with Crippen LogP contribution in [0.2, 0.25) is 5.15 Å². The highest BCUT2D eigenvalue weighted by molar-refractivity contribution is 6.30. The van der Waals surface area contributed by atoms with Crippen molar-refractivity contribution in [1.29, 1.82) is 0 Å². The molecular formula is C23H18ClFN2O3. The Bertz CT molecular complexity index is 1180. The van der Waals surface area contributed by atoms with Gasteiger partial charge in [-0.05, 0) is 54.1 Å². The molecule has 7 heteroatoms. The molecule has 0 spiro atoms. The van der Waals surface area contributed by atoms with Crippen LogP contribution in [0.4, 0.5) is 4.39 Å². The normalized spacial score (nSPS) is 10.9. The molecule has 0 N–H and O–H groups in total. The van der Waals surface area contributed by atoms with Crippen molar-refractivity contribution in [3.63, 3.8) is 0 Å². The highest BCUT2D eigenvalue weighted by Gasteiger charge is 2.21. The zero-order valence-electron chi connectivity index (χ0n) is 16.1. The van der Waals surface area contributed by atoms with Gasteiger partial charge in [0.2, 0.25) is 0 Å². The van der Waals surface area contributed by atoms with Gasteiger partial charge >= 0.3 is 0 Å². The van der Waals surface area contributed by atoms with Crippen molar-refractivity contribution < 1.29 is 18.3 Å². The lowest BCUT2D eigenvalue weighted by atomic mass is 10.1. The molecule has 0 radical (unpaired) electrons. The SMILES string of the molecule is COc1ccc2nc(Cl)c(CN(Cc3ccc(F)cc3)C(=O)c3ccco3)cc2c1. The van der Waals surface area contributed by atoms with Gasteiger partial charge in [0.05, 0.1) is 18.9 Å². The lowest BCUT2D eigenvalue weighted by Crippen LogP contribution is -2.30. The van der Waals surface area contributed by atoms with Gasteiger partial charge in [0.25, 0.3) is 5.91 Å². The number of carbonyl (C=O) groups excluding carboxylic acids is 1. The van der Waals surface area contributed by atoms with Crippen LogP contribution < -0.4 is 4.74 Å². The van der Waals surface area contributed by atoms with Gasteiger partial charge in [0.1, 0.15) is 16.7 Å². The Morgan fingerprint density at radius 1 is 1.13 bits per heavy atom. The third-order valence-electron chi connectivity index (χ3n) is 4.72. The van der Waals surface area contributed by atoms with Gasteiger partial charge in [-0.15, -0.1) is 0 Å². The van der Waals surface area contributed by atoms with Crippen LogP contribution in [0.5, 0.6) is 5.75 Å². The maximum atomic E-state index is 13.3. The molecular weight excluding hydrogens is 407 g/mol. The lowest BCUT2D eigenvalue weighted by Gasteiger charge is -2.22. The first-order valence-electron chi connectivity index (χ1n) is 9.24. The quantitative estimate of drug-likeness (QED) is 0.385. The summed E-state index contributed by atoms with van der Waals surface area (Å²) in [6.07, 6.45) is 1.44. The topological polar surface area (TPSA) is 55.6 Å². The summed E-state index contributed by atoms with van der Waals surface area (Å²) in [5, 5.41) is 1.16. The second-order valence-electron chi connectivity index (χ2n) is 6.76. The fourth-order valence-electron chi connectivity index (χ4n) is 3.18. The molecule has 0 fully saturated rings. The van der Waals surface area contributed by atoms with Crippen LogP contribution in [-0.4, -0.2) is 22.9 Å². The van der Waals surface area contributed by atoms with E-state index in [9.17, 15) is 9.18 Å². The average molecular weight is 425 g/mol. The summed E-state index contributed by atoms with van der Waals surface area (Å²) >= 11 is 6.42. The number of rotatable bonds is 6. The zero-order valence-corrected chi connectivity index (χ0v) is 16.9. The van der Waals surface area contributed by atoms with E-state index in [1.165, 1.54) is 18.4 Å². The van der Waals surface area contributed by atoms with Crippen LogP contribution in [0.15, 0.2) is 71.3 Å². The van der Waals surface area contributed by atoms with Gasteiger partial charge in [-0.3, -0.25) is 4.79 Å². The lowest BCUT2D eigenvalue weighted by molar-refractivity contribution is 0.0697. The Balaban J connectivity index is 1.69. The number of aromatic nitrogens is 1. The number of methoxy groups -OCH3 is 1. The number of furan rings is 1. The maximum absolute atomic E-state index is 13.3. The fraction of sp³-hybridized carbons (Fsp3) is 0.130. The minimum Gasteiger partial charge on any atom is -0.497 e. The molecule has 0 aliphatic heterocycles. The number of benzene rings is 2. The highest BCUT2D eigenvalue weighted by atomic mass is 35.5. The second-order valence-corrected chi connectivity index (χ2v) is 7.12. The number of pyridine rings is 1. The smallest absolute Gasteiger partial charge is 0.290 e. The number of hydrogen-bond acceptors (Lipinski definition) is 4. The molecule has 1 amide bonds. The number of hydrogen-bond donors (Lipinski definition) is 0. The predicted molar refractivity (Wildman–Crippen MR) is 112 cm³/mol. The summed E-state index contributed by atoms with van der Waals surface area (Å²) in [6, 6.07) is 16.7.